The number of hydrogen-bond acceptors (Lipinski definition) is 5. The molecule has 7 heteroatoms. The molecule has 0 bridgehead atoms. The van der Waals surface area contributed by atoms with Gasteiger partial charge in [-0.3, -0.25) is 4.79 Å². The Kier molecular flexibility index (Phi) is 5.20. The van der Waals surface area contributed by atoms with Crippen molar-refractivity contribution in [2.45, 2.75) is 18.0 Å². The number of nitrogens with zero attached hydrogens (tertiary/aromatic N) is 2. The predicted molar refractivity (Wildman–Crippen MR) is 110 cm³/mol. The van der Waals surface area contributed by atoms with E-state index in [4.69, 9.17) is 4.74 Å². The number of aromatic nitrogens is 2. The number of hydrogen-bond donors (Lipinski definition) is 2. The lowest BCUT2D eigenvalue weighted by atomic mass is 10.2. The fourth-order valence-corrected chi connectivity index (χ4v) is 3.91. The van der Waals surface area contributed by atoms with Crippen molar-refractivity contribution in [3.8, 4) is 5.75 Å². The summed E-state index contributed by atoms with van der Waals surface area (Å²) in [5.41, 5.74) is 3.79. The number of methoxy groups -OCH3 is 1. The molecule has 27 heavy (non-hydrogen) atoms. The Labute approximate surface area is 162 Å². The van der Waals surface area contributed by atoms with Crippen LogP contribution in [0, 0.1) is 0 Å². The van der Waals surface area contributed by atoms with Gasteiger partial charge in [0.2, 0.25) is 5.91 Å². The van der Waals surface area contributed by atoms with Crippen LogP contribution in [0.15, 0.2) is 47.6 Å². The van der Waals surface area contributed by atoms with Crippen molar-refractivity contribution < 1.29 is 9.53 Å². The molecule has 1 aromatic heterocycles. The van der Waals surface area contributed by atoms with Gasteiger partial charge in [-0.1, -0.05) is 11.8 Å². The van der Waals surface area contributed by atoms with Crippen molar-refractivity contribution in [2.75, 3.05) is 36.2 Å². The van der Waals surface area contributed by atoms with Crippen LogP contribution in [0.2, 0.25) is 0 Å². The van der Waals surface area contributed by atoms with Crippen molar-refractivity contribution in [1.29, 1.82) is 0 Å². The van der Waals surface area contributed by atoms with E-state index in [0.29, 0.717) is 5.75 Å². The van der Waals surface area contributed by atoms with E-state index in [-0.39, 0.29) is 5.91 Å². The zero-order chi connectivity index (χ0) is 18.6. The molecule has 140 valence electrons. The summed E-state index contributed by atoms with van der Waals surface area (Å²) in [5, 5.41) is 3.66. The summed E-state index contributed by atoms with van der Waals surface area (Å²) >= 11 is 1.38. The van der Waals surface area contributed by atoms with Crippen molar-refractivity contribution in [1.82, 2.24) is 9.97 Å². The highest BCUT2D eigenvalue weighted by atomic mass is 32.2. The number of ether oxygens (including phenoxy) is 1. The van der Waals surface area contributed by atoms with E-state index in [0.717, 1.165) is 40.7 Å². The molecule has 0 unspecified atom stereocenters. The van der Waals surface area contributed by atoms with Crippen LogP contribution in [0.5, 0.6) is 5.75 Å². The van der Waals surface area contributed by atoms with Crippen LogP contribution in [-0.4, -0.2) is 41.8 Å². The fraction of sp³-hybridized carbons (Fsp3) is 0.300. The van der Waals surface area contributed by atoms with Gasteiger partial charge >= 0.3 is 0 Å². The highest BCUT2D eigenvalue weighted by molar-refractivity contribution is 7.99. The molecular formula is C20H22N4O2S. The predicted octanol–water partition coefficient (Wildman–Crippen LogP) is 3.90. The minimum absolute atomic E-state index is 0.0491. The van der Waals surface area contributed by atoms with Crippen LogP contribution in [0.4, 0.5) is 11.4 Å². The van der Waals surface area contributed by atoms with Gasteiger partial charge < -0.3 is 19.9 Å². The number of imidazole rings is 1. The second-order valence-electron chi connectivity index (χ2n) is 6.50. The number of carbonyl (C=O) groups excluding carboxylic acids is 1. The highest BCUT2D eigenvalue weighted by Gasteiger charge is 2.12. The molecule has 1 saturated heterocycles. The van der Waals surface area contributed by atoms with Crippen LogP contribution < -0.4 is 15.0 Å². The van der Waals surface area contributed by atoms with Crippen LogP contribution in [0.25, 0.3) is 11.0 Å². The highest BCUT2D eigenvalue weighted by Crippen LogP contribution is 2.24. The molecule has 2 N–H and O–H groups in total. The summed E-state index contributed by atoms with van der Waals surface area (Å²) in [4.78, 5) is 22.3. The molecule has 0 aliphatic carbocycles. The number of amides is 1. The van der Waals surface area contributed by atoms with Crippen molar-refractivity contribution in [3.63, 3.8) is 0 Å². The van der Waals surface area contributed by atoms with Gasteiger partial charge in [0, 0.05) is 30.5 Å². The van der Waals surface area contributed by atoms with Gasteiger partial charge in [-0.15, -0.1) is 0 Å². The maximum atomic E-state index is 12.2. The third kappa shape index (κ3) is 4.19. The number of rotatable bonds is 6. The Balaban J connectivity index is 1.32. The number of anilines is 2. The second kappa shape index (κ2) is 7.92. The van der Waals surface area contributed by atoms with Gasteiger partial charge in [-0.25, -0.2) is 4.98 Å². The third-order valence-electron chi connectivity index (χ3n) is 4.63. The summed E-state index contributed by atoms with van der Waals surface area (Å²) in [5.74, 6) is 1.02. The summed E-state index contributed by atoms with van der Waals surface area (Å²) in [6.07, 6.45) is 2.51. The molecule has 4 rings (SSSR count). The maximum Gasteiger partial charge on any atom is 0.234 e. The van der Waals surface area contributed by atoms with Crippen molar-refractivity contribution >= 4 is 40.1 Å². The minimum Gasteiger partial charge on any atom is -0.497 e. The van der Waals surface area contributed by atoms with Crippen LogP contribution in [0.3, 0.4) is 0 Å². The number of fused-ring (bicyclic) bond motifs is 1. The van der Waals surface area contributed by atoms with E-state index in [1.807, 2.05) is 30.3 Å². The monoisotopic (exact) mass is 382 g/mol. The molecule has 2 heterocycles. The Hall–Kier alpha value is -2.67. The molecular weight excluding hydrogens is 360 g/mol. The van der Waals surface area contributed by atoms with Crippen LogP contribution in [-0.2, 0) is 4.79 Å². The van der Waals surface area contributed by atoms with E-state index in [9.17, 15) is 4.79 Å². The van der Waals surface area contributed by atoms with Gasteiger partial charge in [0.1, 0.15) is 5.75 Å². The standard InChI is InChI=1S/C20H22N4O2S/c1-26-16-8-9-17-18(12-16)23-20(22-17)27-13-19(25)21-14-4-6-15(7-5-14)24-10-2-3-11-24/h4-9,12H,2-3,10-11,13H2,1H3,(H,21,25)(H,22,23). The van der Waals surface area contributed by atoms with Gasteiger partial charge in [0.05, 0.1) is 23.9 Å². The molecule has 0 saturated carbocycles. The Morgan fingerprint density at radius 1 is 1.22 bits per heavy atom. The van der Waals surface area contributed by atoms with Gasteiger partial charge in [-0.05, 0) is 49.2 Å². The van der Waals surface area contributed by atoms with Gasteiger partial charge in [0.15, 0.2) is 5.16 Å². The first-order valence-electron chi connectivity index (χ1n) is 9.03. The first-order chi connectivity index (χ1) is 13.2. The number of benzene rings is 2. The van der Waals surface area contributed by atoms with Crippen LogP contribution >= 0.6 is 11.8 Å². The molecule has 1 fully saturated rings. The third-order valence-corrected chi connectivity index (χ3v) is 5.50. The van der Waals surface area contributed by atoms with E-state index in [1.54, 1.807) is 7.11 Å². The van der Waals surface area contributed by atoms with E-state index in [2.05, 4.69) is 32.3 Å². The van der Waals surface area contributed by atoms with E-state index >= 15 is 0 Å². The first kappa shape index (κ1) is 17.7. The van der Waals surface area contributed by atoms with Gasteiger partial charge in [-0.2, -0.15) is 0 Å². The zero-order valence-corrected chi connectivity index (χ0v) is 16.0. The second-order valence-corrected chi connectivity index (χ2v) is 7.47. The topological polar surface area (TPSA) is 70.2 Å². The summed E-state index contributed by atoms with van der Waals surface area (Å²) in [6, 6.07) is 13.7. The average Bonchev–Trinajstić information content (AvgIpc) is 3.36. The minimum atomic E-state index is -0.0491. The Bertz CT molecular complexity index is 933. The lowest BCUT2D eigenvalue weighted by molar-refractivity contribution is -0.113. The molecule has 3 aromatic rings. The molecule has 1 aliphatic rings. The number of H-pyrrole nitrogens is 1. The average molecular weight is 382 g/mol. The molecule has 6 nitrogen and oxygen atoms in total. The molecule has 2 aromatic carbocycles. The molecule has 1 aliphatic heterocycles. The summed E-state index contributed by atoms with van der Waals surface area (Å²) in [7, 11) is 1.63. The molecule has 1 amide bonds. The number of carbonyl (C=O) groups is 1. The van der Waals surface area contributed by atoms with E-state index in [1.165, 1.54) is 30.3 Å². The molecule has 0 radical (unpaired) electrons. The number of thioether (sulfide) groups is 1. The fourth-order valence-electron chi connectivity index (χ4n) is 3.22. The smallest absolute Gasteiger partial charge is 0.234 e. The molecule has 0 spiro atoms. The quantitative estimate of drug-likeness (QED) is 0.633. The number of nitrogens with one attached hydrogen (secondary N) is 2. The van der Waals surface area contributed by atoms with Crippen molar-refractivity contribution in [2.24, 2.45) is 0 Å². The van der Waals surface area contributed by atoms with Gasteiger partial charge in [0.25, 0.3) is 0 Å². The number of aromatic amines is 1. The van der Waals surface area contributed by atoms with E-state index < -0.39 is 0 Å². The Morgan fingerprint density at radius 2 is 2.00 bits per heavy atom. The lowest BCUT2D eigenvalue weighted by Crippen LogP contribution is -2.18. The maximum absolute atomic E-state index is 12.2. The normalized spacial score (nSPS) is 13.9. The zero-order valence-electron chi connectivity index (χ0n) is 15.2. The SMILES string of the molecule is COc1ccc2nc(SCC(=O)Nc3ccc(N4CCCC4)cc3)[nH]c2c1. The largest absolute Gasteiger partial charge is 0.497 e. The van der Waals surface area contributed by atoms with Crippen LogP contribution in [0.1, 0.15) is 12.8 Å². The molecule has 0 atom stereocenters. The first-order valence-corrected chi connectivity index (χ1v) is 10.0. The van der Waals surface area contributed by atoms with Crippen molar-refractivity contribution in [3.05, 3.63) is 42.5 Å². The summed E-state index contributed by atoms with van der Waals surface area (Å²) < 4.78 is 5.22. The lowest BCUT2D eigenvalue weighted by Gasteiger charge is -2.17. The Morgan fingerprint density at radius 3 is 2.74 bits per heavy atom. The summed E-state index contributed by atoms with van der Waals surface area (Å²) in [6.45, 7) is 2.23.